The van der Waals surface area contributed by atoms with Crippen molar-refractivity contribution in [1.29, 1.82) is 0 Å². The Morgan fingerprint density at radius 2 is 1.76 bits per heavy atom. The zero-order valence-corrected chi connectivity index (χ0v) is 13.7. The molecule has 116 valence electrons. The Kier molecular flexibility index (Phi) is 5.04. The van der Waals surface area contributed by atoms with E-state index in [4.69, 9.17) is 4.74 Å². The molecule has 0 bridgehead atoms. The minimum atomic E-state index is -0.207. The molecule has 0 aromatic heterocycles. The van der Waals surface area contributed by atoms with E-state index in [1.165, 1.54) is 31.5 Å². The number of carbonyl (C=O) groups is 1. The standard InChI is InChI=1S/C18H27NO2/c1-14(13-19-11-5-6-12-19)21-17(20)15-7-9-16(10-8-15)18(2,3)4/h7-10,14H,5-6,11-13H2,1-4H3/p+1. The van der Waals surface area contributed by atoms with Gasteiger partial charge in [-0.3, -0.25) is 0 Å². The highest BCUT2D eigenvalue weighted by molar-refractivity contribution is 5.89. The topological polar surface area (TPSA) is 30.7 Å². The molecule has 1 N–H and O–H groups in total. The van der Waals surface area contributed by atoms with Gasteiger partial charge in [0.15, 0.2) is 0 Å². The predicted octanol–water partition coefficient (Wildman–Crippen LogP) is 2.21. The second-order valence-corrected chi connectivity index (χ2v) is 7.20. The van der Waals surface area contributed by atoms with E-state index in [1.807, 2.05) is 31.2 Å². The largest absolute Gasteiger partial charge is 0.453 e. The molecule has 1 aliphatic heterocycles. The van der Waals surface area contributed by atoms with Crippen molar-refractivity contribution in [1.82, 2.24) is 0 Å². The number of esters is 1. The van der Waals surface area contributed by atoms with Gasteiger partial charge in [0.05, 0.1) is 18.7 Å². The van der Waals surface area contributed by atoms with E-state index in [9.17, 15) is 4.79 Å². The summed E-state index contributed by atoms with van der Waals surface area (Å²) in [5.74, 6) is -0.207. The summed E-state index contributed by atoms with van der Waals surface area (Å²) < 4.78 is 5.56. The van der Waals surface area contributed by atoms with Gasteiger partial charge in [0.1, 0.15) is 12.6 Å². The van der Waals surface area contributed by atoms with Crippen molar-refractivity contribution < 1.29 is 14.4 Å². The summed E-state index contributed by atoms with van der Waals surface area (Å²) in [6.45, 7) is 11.8. The highest BCUT2D eigenvalue weighted by atomic mass is 16.5. The van der Waals surface area contributed by atoms with Crippen molar-refractivity contribution in [2.75, 3.05) is 19.6 Å². The van der Waals surface area contributed by atoms with Crippen LogP contribution >= 0.6 is 0 Å². The van der Waals surface area contributed by atoms with E-state index in [2.05, 4.69) is 20.8 Å². The number of hydrogen-bond acceptors (Lipinski definition) is 2. The Bertz CT molecular complexity index is 467. The van der Waals surface area contributed by atoms with Crippen LogP contribution in [0.3, 0.4) is 0 Å². The molecule has 0 aliphatic carbocycles. The maximum atomic E-state index is 12.2. The van der Waals surface area contributed by atoms with Crippen LogP contribution in [0.1, 0.15) is 56.5 Å². The second kappa shape index (κ2) is 6.61. The van der Waals surface area contributed by atoms with Crippen LogP contribution in [0.25, 0.3) is 0 Å². The molecule has 0 saturated carbocycles. The van der Waals surface area contributed by atoms with Crippen LogP contribution in [-0.2, 0) is 10.2 Å². The molecule has 3 nitrogen and oxygen atoms in total. The fourth-order valence-electron chi connectivity index (χ4n) is 2.88. The number of hydrogen-bond donors (Lipinski definition) is 1. The lowest BCUT2D eigenvalue weighted by Gasteiger charge is -2.20. The monoisotopic (exact) mass is 290 g/mol. The van der Waals surface area contributed by atoms with Crippen LogP contribution in [0.2, 0.25) is 0 Å². The number of nitrogens with one attached hydrogen (secondary N) is 1. The van der Waals surface area contributed by atoms with Crippen molar-refractivity contribution in [2.24, 2.45) is 0 Å². The first kappa shape index (κ1) is 16.0. The summed E-state index contributed by atoms with van der Waals surface area (Å²) in [7, 11) is 0. The fourth-order valence-corrected chi connectivity index (χ4v) is 2.88. The number of likely N-dealkylation sites (tertiary alicyclic amines) is 1. The molecule has 1 aliphatic rings. The van der Waals surface area contributed by atoms with Crippen LogP contribution < -0.4 is 4.90 Å². The third-order valence-electron chi connectivity index (χ3n) is 4.18. The number of benzene rings is 1. The zero-order chi connectivity index (χ0) is 15.5. The smallest absolute Gasteiger partial charge is 0.338 e. The molecule has 0 amide bonds. The Morgan fingerprint density at radius 3 is 2.29 bits per heavy atom. The van der Waals surface area contributed by atoms with Gasteiger partial charge in [-0.25, -0.2) is 4.79 Å². The SMILES string of the molecule is CC(C[NH+]1CCCC1)OC(=O)c1ccc(C(C)(C)C)cc1. The van der Waals surface area contributed by atoms with Crippen molar-refractivity contribution in [2.45, 2.75) is 52.1 Å². The molecule has 1 saturated heterocycles. The predicted molar refractivity (Wildman–Crippen MR) is 84.8 cm³/mol. The van der Waals surface area contributed by atoms with Gasteiger partial charge in [-0.1, -0.05) is 32.9 Å². The maximum Gasteiger partial charge on any atom is 0.338 e. The molecule has 0 spiro atoms. The molecule has 2 rings (SSSR count). The minimum absolute atomic E-state index is 0.0205. The Hall–Kier alpha value is -1.35. The molecule has 1 atom stereocenters. The van der Waals surface area contributed by atoms with Crippen LogP contribution in [0.4, 0.5) is 0 Å². The molecule has 21 heavy (non-hydrogen) atoms. The van der Waals surface area contributed by atoms with Crippen molar-refractivity contribution in [3.8, 4) is 0 Å². The lowest BCUT2D eigenvalue weighted by molar-refractivity contribution is -0.890. The summed E-state index contributed by atoms with van der Waals surface area (Å²) in [6.07, 6.45) is 2.57. The molecule has 1 aromatic rings. The highest BCUT2D eigenvalue weighted by Gasteiger charge is 2.21. The quantitative estimate of drug-likeness (QED) is 0.862. The Labute approximate surface area is 128 Å². The van der Waals surface area contributed by atoms with Crippen LogP contribution in [-0.4, -0.2) is 31.7 Å². The normalized spacial score (nSPS) is 17.7. The molecule has 1 heterocycles. The molecule has 1 fully saturated rings. The van der Waals surface area contributed by atoms with Crippen LogP contribution in [0, 0.1) is 0 Å². The molecular weight excluding hydrogens is 262 g/mol. The van der Waals surface area contributed by atoms with Crippen molar-refractivity contribution in [3.63, 3.8) is 0 Å². The van der Waals surface area contributed by atoms with Crippen LogP contribution in [0.5, 0.6) is 0 Å². The van der Waals surface area contributed by atoms with Gasteiger partial charge < -0.3 is 9.64 Å². The van der Waals surface area contributed by atoms with Gasteiger partial charge in [-0.05, 0) is 30.0 Å². The lowest BCUT2D eigenvalue weighted by atomic mass is 9.87. The van der Waals surface area contributed by atoms with Gasteiger partial charge >= 0.3 is 5.97 Å². The third-order valence-corrected chi connectivity index (χ3v) is 4.18. The molecule has 0 radical (unpaired) electrons. The molecule has 3 heteroatoms. The second-order valence-electron chi connectivity index (χ2n) is 7.20. The molecular formula is C18H28NO2+. The summed E-state index contributed by atoms with van der Waals surface area (Å²) in [5, 5.41) is 0. The first-order valence-corrected chi connectivity index (χ1v) is 8.01. The summed E-state index contributed by atoms with van der Waals surface area (Å²) in [6, 6.07) is 7.79. The fraction of sp³-hybridized carbons (Fsp3) is 0.611. The van der Waals surface area contributed by atoms with Gasteiger partial charge in [0, 0.05) is 12.8 Å². The molecule has 1 aromatic carbocycles. The van der Waals surface area contributed by atoms with Gasteiger partial charge in [-0.15, -0.1) is 0 Å². The van der Waals surface area contributed by atoms with Crippen molar-refractivity contribution in [3.05, 3.63) is 35.4 Å². The van der Waals surface area contributed by atoms with Crippen molar-refractivity contribution >= 4 is 5.97 Å². The summed E-state index contributed by atoms with van der Waals surface area (Å²) in [4.78, 5) is 13.7. The first-order valence-electron chi connectivity index (χ1n) is 8.01. The van der Waals surface area contributed by atoms with Crippen LogP contribution in [0.15, 0.2) is 24.3 Å². The van der Waals surface area contributed by atoms with E-state index in [0.717, 1.165) is 6.54 Å². The van der Waals surface area contributed by atoms with E-state index in [1.54, 1.807) is 4.90 Å². The zero-order valence-electron chi connectivity index (χ0n) is 13.7. The van der Waals surface area contributed by atoms with E-state index < -0.39 is 0 Å². The van der Waals surface area contributed by atoms with Gasteiger partial charge in [-0.2, -0.15) is 0 Å². The van der Waals surface area contributed by atoms with E-state index in [-0.39, 0.29) is 17.5 Å². The number of ether oxygens (including phenoxy) is 1. The number of quaternary nitrogens is 1. The lowest BCUT2D eigenvalue weighted by Crippen LogP contribution is -3.11. The first-order chi connectivity index (χ1) is 9.86. The average molecular weight is 290 g/mol. The highest BCUT2D eigenvalue weighted by Crippen LogP contribution is 2.22. The minimum Gasteiger partial charge on any atom is -0.453 e. The average Bonchev–Trinajstić information content (AvgIpc) is 2.90. The Morgan fingerprint density at radius 1 is 1.19 bits per heavy atom. The number of rotatable bonds is 4. The third kappa shape index (κ3) is 4.57. The number of carbonyl (C=O) groups excluding carboxylic acids is 1. The summed E-state index contributed by atoms with van der Waals surface area (Å²) >= 11 is 0. The van der Waals surface area contributed by atoms with Gasteiger partial charge in [0.25, 0.3) is 0 Å². The molecule has 1 unspecified atom stereocenters. The van der Waals surface area contributed by atoms with E-state index in [0.29, 0.717) is 5.56 Å². The van der Waals surface area contributed by atoms with E-state index >= 15 is 0 Å². The maximum absolute atomic E-state index is 12.2. The van der Waals surface area contributed by atoms with Gasteiger partial charge in [0.2, 0.25) is 0 Å². The Balaban J connectivity index is 1.90. The summed E-state index contributed by atoms with van der Waals surface area (Å²) in [5.41, 5.74) is 1.98.